The topological polar surface area (TPSA) is 35.5 Å². The molecule has 11 heavy (non-hydrogen) atoms. The van der Waals surface area contributed by atoms with E-state index in [-0.39, 0.29) is 6.10 Å². The Labute approximate surface area is 68.4 Å². The van der Waals surface area contributed by atoms with E-state index in [1.165, 1.54) is 6.42 Å². The van der Waals surface area contributed by atoms with Gasteiger partial charge in [0.2, 0.25) is 0 Å². The van der Waals surface area contributed by atoms with E-state index < -0.39 is 0 Å². The lowest BCUT2D eigenvalue weighted by Gasteiger charge is -2.20. The van der Waals surface area contributed by atoms with Crippen LogP contribution in [0, 0.1) is 0 Å². The number of hydrogen-bond donors (Lipinski definition) is 2. The highest BCUT2D eigenvalue weighted by molar-refractivity contribution is 4.67. The second kappa shape index (κ2) is 4.70. The summed E-state index contributed by atoms with van der Waals surface area (Å²) in [6.45, 7) is 7.05. The Morgan fingerprint density at radius 1 is 1.45 bits per heavy atom. The van der Waals surface area contributed by atoms with Gasteiger partial charge in [-0.25, -0.2) is 0 Å². The number of nitrogens with zero attached hydrogens (tertiary/aromatic N) is 1. The summed E-state index contributed by atoms with van der Waals surface area (Å²) in [7, 11) is 0. The molecule has 1 fully saturated rings. The predicted octanol–water partition coefficient (Wildman–Crippen LogP) is -0.337. The quantitative estimate of drug-likeness (QED) is 0.577. The van der Waals surface area contributed by atoms with Crippen LogP contribution in [0.3, 0.4) is 0 Å². The van der Waals surface area contributed by atoms with Crippen LogP contribution in [-0.2, 0) is 0 Å². The van der Waals surface area contributed by atoms with Crippen molar-refractivity contribution in [1.29, 1.82) is 0 Å². The van der Waals surface area contributed by atoms with Gasteiger partial charge in [0.25, 0.3) is 0 Å². The summed E-state index contributed by atoms with van der Waals surface area (Å²) in [6.07, 6.45) is 1.01. The van der Waals surface area contributed by atoms with E-state index in [0.717, 1.165) is 32.7 Å². The molecule has 3 heteroatoms. The van der Waals surface area contributed by atoms with Crippen molar-refractivity contribution in [3.63, 3.8) is 0 Å². The largest absolute Gasteiger partial charge is 0.392 e. The molecular weight excluding hydrogens is 140 g/mol. The van der Waals surface area contributed by atoms with E-state index in [1.807, 2.05) is 6.92 Å². The minimum absolute atomic E-state index is 0.187. The SMILES string of the molecule is C[C@@H](O)CN1CCCNCC1. The van der Waals surface area contributed by atoms with Crippen LogP contribution >= 0.6 is 0 Å². The van der Waals surface area contributed by atoms with Crippen LogP contribution in [0.4, 0.5) is 0 Å². The Hall–Kier alpha value is -0.120. The van der Waals surface area contributed by atoms with Crippen molar-refractivity contribution in [3.8, 4) is 0 Å². The molecule has 0 aromatic rings. The van der Waals surface area contributed by atoms with Crippen LogP contribution in [0.1, 0.15) is 13.3 Å². The molecule has 1 rings (SSSR count). The number of hydrogen-bond acceptors (Lipinski definition) is 3. The first-order valence-corrected chi connectivity index (χ1v) is 4.40. The molecule has 66 valence electrons. The fraction of sp³-hybridized carbons (Fsp3) is 1.00. The van der Waals surface area contributed by atoms with Crippen LogP contribution in [0.25, 0.3) is 0 Å². The molecular formula is C8H18N2O. The third-order valence-corrected chi connectivity index (χ3v) is 1.96. The first kappa shape index (κ1) is 8.97. The van der Waals surface area contributed by atoms with Gasteiger partial charge in [0, 0.05) is 19.6 Å². The van der Waals surface area contributed by atoms with E-state index in [1.54, 1.807) is 0 Å². The Bertz CT molecular complexity index is 98.3. The third kappa shape index (κ3) is 3.70. The van der Waals surface area contributed by atoms with E-state index in [9.17, 15) is 0 Å². The van der Waals surface area contributed by atoms with Crippen LogP contribution in [0.2, 0.25) is 0 Å². The average Bonchev–Trinajstić information content (AvgIpc) is 2.14. The molecule has 0 bridgehead atoms. The van der Waals surface area contributed by atoms with Crippen LogP contribution < -0.4 is 5.32 Å². The van der Waals surface area contributed by atoms with Crippen LogP contribution in [0.15, 0.2) is 0 Å². The average molecular weight is 158 g/mol. The van der Waals surface area contributed by atoms with Gasteiger partial charge in [-0.3, -0.25) is 4.90 Å². The summed E-state index contributed by atoms with van der Waals surface area (Å²) < 4.78 is 0. The monoisotopic (exact) mass is 158 g/mol. The molecule has 0 aliphatic carbocycles. The van der Waals surface area contributed by atoms with Crippen molar-refractivity contribution in [1.82, 2.24) is 10.2 Å². The molecule has 0 radical (unpaired) electrons. The van der Waals surface area contributed by atoms with E-state index in [2.05, 4.69) is 10.2 Å². The minimum atomic E-state index is -0.187. The maximum absolute atomic E-state index is 9.13. The molecule has 0 aromatic carbocycles. The second-order valence-electron chi connectivity index (χ2n) is 3.25. The number of β-amino-alcohol motifs (C(OH)–C–C–N with tert-alkyl or cyclic N) is 1. The van der Waals surface area contributed by atoms with Gasteiger partial charge in [0.15, 0.2) is 0 Å². The molecule has 1 saturated heterocycles. The van der Waals surface area contributed by atoms with Gasteiger partial charge in [0.05, 0.1) is 6.10 Å². The highest BCUT2D eigenvalue weighted by atomic mass is 16.3. The summed E-state index contributed by atoms with van der Waals surface area (Å²) >= 11 is 0. The third-order valence-electron chi connectivity index (χ3n) is 1.96. The highest BCUT2D eigenvalue weighted by Crippen LogP contribution is 1.96. The Kier molecular flexibility index (Phi) is 3.83. The molecule has 2 N–H and O–H groups in total. The Morgan fingerprint density at radius 2 is 2.27 bits per heavy atom. The fourth-order valence-electron chi connectivity index (χ4n) is 1.46. The van der Waals surface area contributed by atoms with Gasteiger partial charge in [-0.1, -0.05) is 0 Å². The molecule has 1 atom stereocenters. The van der Waals surface area contributed by atoms with Crippen molar-refractivity contribution >= 4 is 0 Å². The molecule has 3 nitrogen and oxygen atoms in total. The highest BCUT2D eigenvalue weighted by Gasteiger charge is 2.09. The molecule has 0 saturated carbocycles. The number of rotatable bonds is 2. The summed E-state index contributed by atoms with van der Waals surface area (Å²) in [5, 5.41) is 12.5. The molecule has 0 unspecified atom stereocenters. The van der Waals surface area contributed by atoms with Crippen molar-refractivity contribution < 1.29 is 5.11 Å². The van der Waals surface area contributed by atoms with E-state index in [0.29, 0.717) is 0 Å². The predicted molar refractivity (Wildman–Crippen MR) is 45.6 cm³/mol. The molecule has 1 heterocycles. The Balaban J connectivity index is 2.20. The second-order valence-corrected chi connectivity index (χ2v) is 3.25. The van der Waals surface area contributed by atoms with E-state index >= 15 is 0 Å². The van der Waals surface area contributed by atoms with Crippen molar-refractivity contribution in [2.24, 2.45) is 0 Å². The maximum Gasteiger partial charge on any atom is 0.0639 e. The normalized spacial score (nSPS) is 24.5. The van der Waals surface area contributed by atoms with Gasteiger partial charge >= 0.3 is 0 Å². The van der Waals surface area contributed by atoms with E-state index in [4.69, 9.17) is 5.11 Å². The lowest BCUT2D eigenvalue weighted by molar-refractivity contribution is 0.131. The zero-order valence-corrected chi connectivity index (χ0v) is 7.21. The van der Waals surface area contributed by atoms with Gasteiger partial charge in [-0.05, 0) is 26.4 Å². The summed E-state index contributed by atoms with van der Waals surface area (Å²) in [5.41, 5.74) is 0. The van der Waals surface area contributed by atoms with Gasteiger partial charge in [-0.2, -0.15) is 0 Å². The van der Waals surface area contributed by atoms with Gasteiger partial charge < -0.3 is 10.4 Å². The maximum atomic E-state index is 9.13. The summed E-state index contributed by atoms with van der Waals surface area (Å²) in [5.74, 6) is 0. The van der Waals surface area contributed by atoms with Gasteiger partial charge in [-0.15, -0.1) is 0 Å². The summed E-state index contributed by atoms with van der Waals surface area (Å²) in [6, 6.07) is 0. The van der Waals surface area contributed by atoms with Crippen LogP contribution in [-0.4, -0.2) is 48.8 Å². The summed E-state index contributed by atoms with van der Waals surface area (Å²) in [4.78, 5) is 2.31. The molecule has 0 aromatic heterocycles. The molecule has 1 aliphatic rings. The van der Waals surface area contributed by atoms with Crippen molar-refractivity contribution in [3.05, 3.63) is 0 Å². The lowest BCUT2D eigenvalue weighted by atomic mass is 10.3. The number of aliphatic hydroxyl groups excluding tert-OH is 1. The molecule has 0 spiro atoms. The van der Waals surface area contributed by atoms with Crippen LogP contribution in [0.5, 0.6) is 0 Å². The first-order valence-electron chi connectivity index (χ1n) is 4.40. The molecule has 1 aliphatic heterocycles. The van der Waals surface area contributed by atoms with Gasteiger partial charge in [0.1, 0.15) is 0 Å². The Morgan fingerprint density at radius 3 is 3.00 bits per heavy atom. The smallest absolute Gasteiger partial charge is 0.0639 e. The number of nitrogens with one attached hydrogen (secondary N) is 1. The first-order chi connectivity index (χ1) is 5.29. The minimum Gasteiger partial charge on any atom is -0.392 e. The molecule has 0 amide bonds. The van der Waals surface area contributed by atoms with Crippen molar-refractivity contribution in [2.45, 2.75) is 19.4 Å². The zero-order chi connectivity index (χ0) is 8.10. The standard InChI is InChI=1S/C8H18N2O/c1-8(11)7-10-5-2-3-9-4-6-10/h8-9,11H,2-7H2,1H3/t8-/m1/s1. The number of aliphatic hydroxyl groups is 1. The lowest BCUT2D eigenvalue weighted by Crippen LogP contribution is -2.33. The zero-order valence-electron chi connectivity index (χ0n) is 7.21. The fourth-order valence-corrected chi connectivity index (χ4v) is 1.46. The van der Waals surface area contributed by atoms with Crippen molar-refractivity contribution in [2.75, 3.05) is 32.7 Å².